The lowest BCUT2D eigenvalue weighted by Crippen LogP contribution is -2.39. The third-order valence-corrected chi connectivity index (χ3v) is 4.98. The molecule has 1 atom stereocenters. The topological polar surface area (TPSA) is 32.3 Å². The summed E-state index contributed by atoms with van der Waals surface area (Å²) in [4.78, 5) is 14.9. The fourth-order valence-electron chi connectivity index (χ4n) is 3.84. The molecule has 1 aliphatic heterocycles. The van der Waals surface area contributed by atoms with Crippen molar-refractivity contribution in [3.05, 3.63) is 0 Å². The van der Waals surface area contributed by atoms with Gasteiger partial charge in [-0.1, -0.05) is 45.4 Å². The van der Waals surface area contributed by atoms with E-state index < -0.39 is 0 Å². The molecule has 3 nitrogen and oxygen atoms in total. The van der Waals surface area contributed by atoms with Crippen LogP contribution in [0.3, 0.4) is 0 Å². The first-order chi connectivity index (χ1) is 9.81. The van der Waals surface area contributed by atoms with Crippen molar-refractivity contribution in [2.45, 2.75) is 64.7 Å². The molecule has 1 unspecified atom stereocenters. The van der Waals surface area contributed by atoms with Crippen molar-refractivity contribution in [1.82, 2.24) is 10.2 Å². The number of hydrogen-bond donors (Lipinski definition) is 1. The molecule has 0 spiro atoms. The predicted octanol–water partition coefficient (Wildman–Crippen LogP) is 3.20. The number of carbonyl (C=O) groups is 1. The number of rotatable bonds is 5. The van der Waals surface area contributed by atoms with E-state index in [0.29, 0.717) is 11.8 Å². The average Bonchev–Trinajstić information content (AvgIpc) is 2.76. The van der Waals surface area contributed by atoms with Gasteiger partial charge < -0.3 is 10.2 Å². The molecule has 2 aliphatic rings. The van der Waals surface area contributed by atoms with Crippen LogP contribution in [0.2, 0.25) is 0 Å². The van der Waals surface area contributed by atoms with Gasteiger partial charge in [-0.05, 0) is 31.7 Å². The predicted molar refractivity (Wildman–Crippen MR) is 83.7 cm³/mol. The Kier molecular flexibility index (Phi) is 6.85. The van der Waals surface area contributed by atoms with Crippen LogP contribution in [0.25, 0.3) is 0 Å². The first-order valence-corrected chi connectivity index (χ1v) is 8.80. The lowest BCUT2D eigenvalue weighted by molar-refractivity contribution is -0.136. The van der Waals surface area contributed by atoms with E-state index in [1.165, 1.54) is 32.1 Å². The SMILES string of the molecule is CCCC(CC1CCCCC1)C(=O)N1CCCNCC1. The summed E-state index contributed by atoms with van der Waals surface area (Å²) in [7, 11) is 0. The molecule has 1 amide bonds. The highest BCUT2D eigenvalue weighted by Crippen LogP contribution is 2.31. The maximum Gasteiger partial charge on any atom is 0.225 e. The summed E-state index contributed by atoms with van der Waals surface area (Å²) in [6, 6.07) is 0. The summed E-state index contributed by atoms with van der Waals surface area (Å²) in [6.45, 7) is 6.10. The number of hydrogen-bond acceptors (Lipinski definition) is 2. The Bertz CT molecular complexity index is 279. The molecule has 1 aliphatic carbocycles. The van der Waals surface area contributed by atoms with Crippen LogP contribution in [0, 0.1) is 11.8 Å². The van der Waals surface area contributed by atoms with Crippen LogP contribution >= 0.6 is 0 Å². The molecule has 0 aromatic carbocycles. The van der Waals surface area contributed by atoms with E-state index in [0.717, 1.165) is 57.8 Å². The lowest BCUT2D eigenvalue weighted by atomic mass is 9.81. The molecule has 116 valence electrons. The van der Waals surface area contributed by atoms with E-state index in [2.05, 4.69) is 17.1 Å². The van der Waals surface area contributed by atoms with Gasteiger partial charge in [-0.25, -0.2) is 0 Å². The zero-order valence-corrected chi connectivity index (χ0v) is 13.2. The monoisotopic (exact) mass is 280 g/mol. The maximum absolute atomic E-state index is 12.8. The van der Waals surface area contributed by atoms with E-state index in [1.54, 1.807) is 0 Å². The van der Waals surface area contributed by atoms with Gasteiger partial charge >= 0.3 is 0 Å². The zero-order valence-electron chi connectivity index (χ0n) is 13.2. The fourth-order valence-corrected chi connectivity index (χ4v) is 3.84. The lowest BCUT2D eigenvalue weighted by Gasteiger charge is -2.30. The summed E-state index contributed by atoms with van der Waals surface area (Å²) >= 11 is 0. The van der Waals surface area contributed by atoms with Gasteiger partial charge in [-0.3, -0.25) is 4.79 Å². The minimum atomic E-state index is 0.293. The Hall–Kier alpha value is -0.570. The van der Waals surface area contributed by atoms with Gasteiger partial charge in [-0.15, -0.1) is 0 Å². The number of amides is 1. The normalized spacial score (nSPS) is 23.4. The standard InChI is InChI=1S/C17H32N2O/c1-2-7-16(14-15-8-4-3-5-9-15)17(20)19-12-6-10-18-11-13-19/h15-16,18H,2-14H2,1H3. The minimum absolute atomic E-state index is 0.293. The van der Waals surface area contributed by atoms with Crippen molar-refractivity contribution in [2.75, 3.05) is 26.2 Å². The van der Waals surface area contributed by atoms with Crippen LogP contribution < -0.4 is 5.32 Å². The van der Waals surface area contributed by atoms with Crippen molar-refractivity contribution in [3.8, 4) is 0 Å². The van der Waals surface area contributed by atoms with Gasteiger partial charge in [0.2, 0.25) is 5.91 Å². The van der Waals surface area contributed by atoms with Crippen LogP contribution in [0.4, 0.5) is 0 Å². The average molecular weight is 280 g/mol. The van der Waals surface area contributed by atoms with Crippen LogP contribution in [0.15, 0.2) is 0 Å². The van der Waals surface area contributed by atoms with Gasteiger partial charge in [-0.2, -0.15) is 0 Å². The molecule has 3 heteroatoms. The van der Waals surface area contributed by atoms with Crippen LogP contribution in [-0.4, -0.2) is 37.0 Å². The van der Waals surface area contributed by atoms with Crippen LogP contribution in [0.1, 0.15) is 64.7 Å². The Morgan fingerprint density at radius 3 is 2.70 bits per heavy atom. The third kappa shape index (κ3) is 4.76. The molecule has 1 heterocycles. The Morgan fingerprint density at radius 2 is 1.95 bits per heavy atom. The van der Waals surface area contributed by atoms with E-state index in [1.807, 2.05) is 0 Å². The molecule has 0 bridgehead atoms. The summed E-state index contributed by atoms with van der Waals surface area (Å²) < 4.78 is 0. The second kappa shape index (κ2) is 8.66. The van der Waals surface area contributed by atoms with Crippen molar-refractivity contribution < 1.29 is 4.79 Å². The highest BCUT2D eigenvalue weighted by molar-refractivity contribution is 5.78. The van der Waals surface area contributed by atoms with Crippen molar-refractivity contribution in [3.63, 3.8) is 0 Å². The molecule has 1 N–H and O–H groups in total. The molecule has 0 aromatic heterocycles. The Balaban J connectivity index is 1.89. The van der Waals surface area contributed by atoms with Crippen LogP contribution in [0.5, 0.6) is 0 Å². The number of carbonyl (C=O) groups excluding carboxylic acids is 1. The molecule has 2 rings (SSSR count). The molecular weight excluding hydrogens is 248 g/mol. The quantitative estimate of drug-likeness (QED) is 0.839. The smallest absolute Gasteiger partial charge is 0.225 e. The van der Waals surface area contributed by atoms with Crippen molar-refractivity contribution >= 4 is 5.91 Å². The summed E-state index contributed by atoms with van der Waals surface area (Å²) in [5.74, 6) is 1.55. The molecule has 2 fully saturated rings. The molecule has 20 heavy (non-hydrogen) atoms. The molecular formula is C17H32N2O. The van der Waals surface area contributed by atoms with E-state index in [-0.39, 0.29) is 0 Å². The van der Waals surface area contributed by atoms with Gasteiger partial charge in [0, 0.05) is 25.6 Å². The van der Waals surface area contributed by atoms with Gasteiger partial charge in [0.05, 0.1) is 0 Å². The van der Waals surface area contributed by atoms with E-state index >= 15 is 0 Å². The molecule has 0 aromatic rings. The molecule has 0 radical (unpaired) electrons. The van der Waals surface area contributed by atoms with Crippen molar-refractivity contribution in [2.24, 2.45) is 11.8 Å². The molecule has 1 saturated heterocycles. The zero-order chi connectivity index (χ0) is 14.2. The minimum Gasteiger partial charge on any atom is -0.341 e. The van der Waals surface area contributed by atoms with Crippen molar-refractivity contribution in [1.29, 1.82) is 0 Å². The Morgan fingerprint density at radius 1 is 1.15 bits per heavy atom. The summed E-state index contributed by atoms with van der Waals surface area (Å²) in [5, 5.41) is 3.39. The second-order valence-corrected chi connectivity index (χ2v) is 6.65. The first kappa shape index (κ1) is 15.8. The van der Waals surface area contributed by atoms with Gasteiger partial charge in [0.25, 0.3) is 0 Å². The highest BCUT2D eigenvalue weighted by atomic mass is 16.2. The second-order valence-electron chi connectivity index (χ2n) is 6.65. The highest BCUT2D eigenvalue weighted by Gasteiger charge is 2.27. The molecule has 1 saturated carbocycles. The Labute approximate surface area is 124 Å². The van der Waals surface area contributed by atoms with E-state index in [9.17, 15) is 4.79 Å². The van der Waals surface area contributed by atoms with E-state index in [4.69, 9.17) is 0 Å². The fraction of sp³-hybridized carbons (Fsp3) is 0.941. The maximum atomic E-state index is 12.8. The third-order valence-electron chi connectivity index (χ3n) is 4.98. The van der Waals surface area contributed by atoms with Crippen LogP contribution in [-0.2, 0) is 4.79 Å². The number of nitrogens with zero attached hydrogens (tertiary/aromatic N) is 1. The summed E-state index contributed by atoms with van der Waals surface area (Å²) in [6.07, 6.45) is 11.3. The number of nitrogens with one attached hydrogen (secondary N) is 1. The first-order valence-electron chi connectivity index (χ1n) is 8.80. The summed E-state index contributed by atoms with van der Waals surface area (Å²) in [5.41, 5.74) is 0. The largest absolute Gasteiger partial charge is 0.341 e. The van der Waals surface area contributed by atoms with Gasteiger partial charge in [0.1, 0.15) is 0 Å². The van der Waals surface area contributed by atoms with Gasteiger partial charge in [0.15, 0.2) is 0 Å².